The monoisotopic (exact) mass is 295 g/mol. The molecule has 0 aliphatic rings. The Kier molecular flexibility index (Phi) is 3.87. The van der Waals surface area contributed by atoms with E-state index in [-0.39, 0.29) is 17.9 Å². The summed E-state index contributed by atoms with van der Waals surface area (Å²) in [5.41, 5.74) is 1.06. The predicted molar refractivity (Wildman–Crippen MR) is 82.7 cm³/mol. The molecule has 3 aromatic rings. The molecule has 0 bridgehead atoms. The molecule has 5 nitrogen and oxygen atoms in total. The number of benzene rings is 2. The summed E-state index contributed by atoms with van der Waals surface area (Å²) in [6, 6.07) is 17.4. The Labute approximate surface area is 126 Å². The number of fused-ring (bicyclic) bond motifs is 1. The molecule has 0 aliphatic heterocycles. The van der Waals surface area contributed by atoms with E-state index in [1.165, 1.54) is 6.07 Å². The Morgan fingerprint density at radius 2 is 1.77 bits per heavy atom. The highest BCUT2D eigenvalue weighted by atomic mass is 16.5. The van der Waals surface area contributed by atoms with Gasteiger partial charge in [0.05, 0.1) is 5.39 Å². The largest absolute Gasteiger partial charge is 0.444 e. The van der Waals surface area contributed by atoms with E-state index in [1.807, 2.05) is 30.3 Å². The molecule has 0 aliphatic carbocycles. The lowest BCUT2D eigenvalue weighted by Gasteiger charge is -2.07. The summed E-state index contributed by atoms with van der Waals surface area (Å²) in [6.07, 6.45) is -0.678. The minimum Gasteiger partial charge on any atom is -0.444 e. The van der Waals surface area contributed by atoms with Crippen LogP contribution in [0.3, 0.4) is 0 Å². The second kappa shape index (κ2) is 6.13. The van der Waals surface area contributed by atoms with Crippen molar-refractivity contribution in [3.8, 4) is 0 Å². The van der Waals surface area contributed by atoms with Gasteiger partial charge in [0, 0.05) is 6.07 Å². The van der Waals surface area contributed by atoms with Crippen molar-refractivity contribution < 1.29 is 13.9 Å². The first-order chi connectivity index (χ1) is 10.7. The van der Waals surface area contributed by atoms with Gasteiger partial charge in [-0.15, -0.1) is 0 Å². The Bertz CT molecular complexity index is 855. The van der Waals surface area contributed by atoms with Crippen LogP contribution in [0.2, 0.25) is 0 Å². The highest BCUT2D eigenvalue weighted by Crippen LogP contribution is 2.15. The summed E-state index contributed by atoms with van der Waals surface area (Å²) in [7, 11) is 0. The fourth-order valence-corrected chi connectivity index (χ4v) is 2.03. The Morgan fingerprint density at radius 1 is 1.05 bits per heavy atom. The highest BCUT2D eigenvalue weighted by Gasteiger charge is 2.08. The van der Waals surface area contributed by atoms with Crippen molar-refractivity contribution >= 4 is 22.9 Å². The number of hydrogen-bond acceptors (Lipinski definition) is 4. The second-order valence-corrected chi connectivity index (χ2v) is 4.66. The first kappa shape index (κ1) is 13.9. The first-order valence-electron chi connectivity index (χ1n) is 6.73. The number of anilines is 1. The Hall–Kier alpha value is -3.08. The van der Waals surface area contributed by atoms with Crippen molar-refractivity contribution in [2.75, 3.05) is 5.32 Å². The van der Waals surface area contributed by atoms with Crippen LogP contribution in [0.1, 0.15) is 5.56 Å². The van der Waals surface area contributed by atoms with Crippen LogP contribution < -0.4 is 10.7 Å². The van der Waals surface area contributed by atoms with E-state index in [9.17, 15) is 9.59 Å². The number of para-hydroxylation sites is 1. The summed E-state index contributed by atoms with van der Waals surface area (Å²) in [6.45, 7) is 0.143. The minimum absolute atomic E-state index is 0.0572. The van der Waals surface area contributed by atoms with Crippen LogP contribution in [0.15, 0.2) is 69.9 Å². The number of nitrogens with one attached hydrogen (secondary N) is 1. The lowest BCUT2D eigenvalue weighted by Crippen LogP contribution is -2.15. The fraction of sp³-hybridized carbons (Fsp3) is 0.0588. The van der Waals surface area contributed by atoms with Gasteiger partial charge < -0.3 is 9.15 Å². The van der Waals surface area contributed by atoms with Gasteiger partial charge in [0.2, 0.25) is 5.88 Å². The van der Waals surface area contributed by atoms with Crippen LogP contribution in [-0.4, -0.2) is 6.09 Å². The summed E-state index contributed by atoms with van der Waals surface area (Å²) < 4.78 is 10.5. The van der Waals surface area contributed by atoms with E-state index < -0.39 is 6.09 Å². The van der Waals surface area contributed by atoms with Crippen molar-refractivity contribution in [3.05, 3.63) is 76.5 Å². The number of rotatable bonds is 3. The van der Waals surface area contributed by atoms with Gasteiger partial charge in [-0.05, 0) is 17.7 Å². The molecule has 0 saturated carbocycles. The standard InChI is InChI=1S/C17H13NO4/c19-14-10-16(22-15-9-5-4-8-13(14)15)18-17(20)21-11-12-6-2-1-3-7-12/h1-10H,11H2,(H,18,20). The normalized spacial score (nSPS) is 10.4. The second-order valence-electron chi connectivity index (χ2n) is 4.66. The van der Waals surface area contributed by atoms with Crippen molar-refractivity contribution in [1.82, 2.24) is 0 Å². The van der Waals surface area contributed by atoms with Gasteiger partial charge in [-0.3, -0.25) is 10.1 Å². The van der Waals surface area contributed by atoms with Crippen LogP contribution in [-0.2, 0) is 11.3 Å². The third kappa shape index (κ3) is 3.15. The molecular formula is C17H13NO4. The van der Waals surface area contributed by atoms with Crippen LogP contribution >= 0.6 is 0 Å². The molecule has 0 fully saturated rings. The zero-order chi connectivity index (χ0) is 15.4. The zero-order valence-corrected chi connectivity index (χ0v) is 11.6. The lowest BCUT2D eigenvalue weighted by molar-refractivity contribution is 0.154. The number of carbonyl (C=O) groups excluding carboxylic acids is 1. The third-order valence-electron chi connectivity index (χ3n) is 3.07. The summed E-state index contributed by atoms with van der Waals surface area (Å²) in [5.74, 6) is 0.0572. The van der Waals surface area contributed by atoms with Crippen LogP contribution in [0.25, 0.3) is 11.0 Å². The van der Waals surface area contributed by atoms with Gasteiger partial charge in [0.25, 0.3) is 0 Å². The molecule has 22 heavy (non-hydrogen) atoms. The van der Waals surface area contributed by atoms with E-state index in [4.69, 9.17) is 9.15 Å². The summed E-state index contributed by atoms with van der Waals surface area (Å²) in [5, 5.41) is 2.88. The average Bonchev–Trinajstić information content (AvgIpc) is 2.54. The van der Waals surface area contributed by atoms with Crippen LogP contribution in [0, 0.1) is 0 Å². The molecule has 0 saturated heterocycles. The van der Waals surface area contributed by atoms with E-state index in [0.29, 0.717) is 11.0 Å². The number of ether oxygens (including phenoxy) is 1. The van der Waals surface area contributed by atoms with E-state index in [2.05, 4.69) is 5.32 Å². The molecular weight excluding hydrogens is 282 g/mol. The molecule has 2 aromatic carbocycles. The quantitative estimate of drug-likeness (QED) is 0.802. The minimum atomic E-state index is -0.678. The molecule has 0 atom stereocenters. The van der Waals surface area contributed by atoms with Crippen molar-refractivity contribution in [1.29, 1.82) is 0 Å². The van der Waals surface area contributed by atoms with Crippen molar-refractivity contribution in [2.45, 2.75) is 6.61 Å². The third-order valence-corrected chi connectivity index (χ3v) is 3.07. The van der Waals surface area contributed by atoms with Gasteiger partial charge in [0.15, 0.2) is 5.43 Å². The highest BCUT2D eigenvalue weighted by molar-refractivity contribution is 5.85. The molecule has 0 unspecified atom stereocenters. The molecule has 1 amide bonds. The predicted octanol–water partition coefficient (Wildman–Crippen LogP) is 3.54. The van der Waals surface area contributed by atoms with E-state index in [1.54, 1.807) is 24.3 Å². The molecule has 1 heterocycles. The van der Waals surface area contributed by atoms with Gasteiger partial charge in [0.1, 0.15) is 12.2 Å². The molecule has 1 aromatic heterocycles. The summed E-state index contributed by atoms with van der Waals surface area (Å²) in [4.78, 5) is 23.6. The Balaban J connectivity index is 1.70. The number of amides is 1. The maximum absolute atomic E-state index is 11.9. The SMILES string of the molecule is O=C(Nc1cc(=O)c2ccccc2o1)OCc1ccccc1. The van der Waals surface area contributed by atoms with Crippen molar-refractivity contribution in [3.63, 3.8) is 0 Å². The molecule has 5 heteroatoms. The molecule has 3 rings (SSSR count). The van der Waals surface area contributed by atoms with E-state index >= 15 is 0 Å². The molecule has 110 valence electrons. The first-order valence-corrected chi connectivity index (χ1v) is 6.73. The van der Waals surface area contributed by atoms with Crippen molar-refractivity contribution in [2.24, 2.45) is 0 Å². The molecule has 0 spiro atoms. The number of carbonyl (C=O) groups is 1. The maximum Gasteiger partial charge on any atom is 0.414 e. The van der Waals surface area contributed by atoms with Crippen LogP contribution in [0.5, 0.6) is 0 Å². The zero-order valence-electron chi connectivity index (χ0n) is 11.6. The lowest BCUT2D eigenvalue weighted by atomic mass is 10.2. The number of hydrogen-bond donors (Lipinski definition) is 1. The van der Waals surface area contributed by atoms with Gasteiger partial charge in [-0.2, -0.15) is 0 Å². The topological polar surface area (TPSA) is 68.5 Å². The summed E-state index contributed by atoms with van der Waals surface area (Å²) >= 11 is 0. The van der Waals surface area contributed by atoms with E-state index in [0.717, 1.165) is 5.56 Å². The van der Waals surface area contributed by atoms with Gasteiger partial charge in [-0.1, -0.05) is 42.5 Å². The maximum atomic E-state index is 11.9. The fourth-order valence-electron chi connectivity index (χ4n) is 2.03. The smallest absolute Gasteiger partial charge is 0.414 e. The van der Waals surface area contributed by atoms with Gasteiger partial charge in [-0.25, -0.2) is 4.79 Å². The van der Waals surface area contributed by atoms with Gasteiger partial charge >= 0.3 is 6.09 Å². The molecule has 0 radical (unpaired) electrons. The Morgan fingerprint density at radius 3 is 2.59 bits per heavy atom. The van der Waals surface area contributed by atoms with Crippen LogP contribution in [0.4, 0.5) is 10.7 Å². The average molecular weight is 295 g/mol. The molecule has 1 N–H and O–H groups in total.